The summed E-state index contributed by atoms with van der Waals surface area (Å²) in [5.74, 6) is -0.640. The summed E-state index contributed by atoms with van der Waals surface area (Å²) in [5, 5.41) is 0. The van der Waals surface area contributed by atoms with E-state index in [1.165, 1.54) is 30.7 Å². The highest BCUT2D eigenvalue weighted by Crippen LogP contribution is 2.22. The maximum absolute atomic E-state index is 12.4. The lowest BCUT2D eigenvalue weighted by Crippen LogP contribution is -2.12. The molecule has 2 N–H and O–H groups in total. The van der Waals surface area contributed by atoms with E-state index >= 15 is 0 Å². The maximum Gasteiger partial charge on any atom is 0.417 e. The molecule has 0 aliphatic rings. The number of aromatic amines is 1. The number of hydrogen-bond donors (Lipinski definition) is 2. The van der Waals surface area contributed by atoms with Gasteiger partial charge >= 0.3 is 5.76 Å². The molecule has 0 saturated carbocycles. The molecule has 23 heavy (non-hydrogen) atoms. The lowest BCUT2D eigenvalue weighted by Gasteiger charge is -2.07. The second-order valence-corrected chi connectivity index (χ2v) is 6.50. The number of H-pyrrole nitrogens is 1. The third kappa shape index (κ3) is 2.36. The van der Waals surface area contributed by atoms with E-state index in [0.717, 1.165) is 0 Å². The van der Waals surface area contributed by atoms with Gasteiger partial charge in [0.15, 0.2) is 17.6 Å². The number of anilines is 1. The topological polar surface area (TPSA) is 118 Å². The average molecular weight is 331 g/mol. The van der Waals surface area contributed by atoms with Crippen molar-refractivity contribution >= 4 is 37.9 Å². The van der Waals surface area contributed by atoms with Crippen LogP contribution < -0.4 is 10.5 Å². The molecule has 2 aromatic heterocycles. The molecule has 0 aliphatic heterocycles. The van der Waals surface area contributed by atoms with Gasteiger partial charge in [0.05, 0.1) is 16.1 Å². The number of fused-ring (bicyclic) bond motifs is 2. The van der Waals surface area contributed by atoms with Crippen molar-refractivity contribution in [3.8, 4) is 0 Å². The fourth-order valence-electron chi connectivity index (χ4n) is 2.23. The molecule has 0 atom stereocenters. The molecule has 8 nitrogen and oxygen atoms in total. The summed E-state index contributed by atoms with van der Waals surface area (Å²) in [5.41, 5.74) is 2.03. The minimum atomic E-state index is -3.84. The second kappa shape index (κ2) is 4.71. The fourth-order valence-corrected chi connectivity index (χ4v) is 3.29. The van der Waals surface area contributed by atoms with Crippen molar-refractivity contribution in [2.75, 3.05) is 4.72 Å². The van der Waals surface area contributed by atoms with E-state index in [9.17, 15) is 13.2 Å². The number of benzene rings is 2. The van der Waals surface area contributed by atoms with E-state index in [-0.39, 0.29) is 10.5 Å². The molecule has 4 rings (SSSR count). The molecule has 0 fully saturated rings. The quantitative estimate of drug-likeness (QED) is 0.593. The van der Waals surface area contributed by atoms with Crippen molar-refractivity contribution in [3.05, 3.63) is 53.3 Å². The van der Waals surface area contributed by atoms with Crippen LogP contribution in [0.2, 0.25) is 0 Å². The van der Waals surface area contributed by atoms with Crippen LogP contribution in [0.4, 0.5) is 5.69 Å². The lowest BCUT2D eigenvalue weighted by atomic mass is 10.3. The van der Waals surface area contributed by atoms with Gasteiger partial charge in [0.1, 0.15) is 5.52 Å². The Morgan fingerprint density at radius 3 is 2.83 bits per heavy atom. The van der Waals surface area contributed by atoms with Crippen molar-refractivity contribution in [3.63, 3.8) is 0 Å². The smallest absolute Gasteiger partial charge is 0.417 e. The van der Waals surface area contributed by atoms with Crippen molar-refractivity contribution in [2.24, 2.45) is 0 Å². The van der Waals surface area contributed by atoms with Gasteiger partial charge < -0.3 is 8.83 Å². The molecule has 0 saturated heterocycles. The van der Waals surface area contributed by atoms with Crippen LogP contribution in [-0.2, 0) is 10.0 Å². The highest BCUT2D eigenvalue weighted by atomic mass is 32.2. The van der Waals surface area contributed by atoms with Gasteiger partial charge in [-0.3, -0.25) is 9.71 Å². The standard InChI is InChI=1S/C14H9N3O5S/c18-14-16-11-4-2-9(6-13(11)22-14)23(19,20)17-8-1-3-10-12(5-8)21-7-15-10/h1-7,17H,(H,16,18). The first-order chi connectivity index (χ1) is 11.0. The van der Waals surface area contributed by atoms with Gasteiger partial charge in [-0.05, 0) is 24.3 Å². The monoisotopic (exact) mass is 331 g/mol. The summed E-state index contributed by atoms with van der Waals surface area (Å²) in [6.45, 7) is 0. The SMILES string of the molecule is O=c1[nH]c2ccc(S(=O)(=O)Nc3ccc4ncoc4c3)cc2o1. The Labute approximate surface area is 128 Å². The Bertz CT molecular complexity index is 1190. The van der Waals surface area contributed by atoms with E-state index in [1.807, 2.05) is 0 Å². The van der Waals surface area contributed by atoms with E-state index in [1.54, 1.807) is 12.1 Å². The summed E-state index contributed by atoms with van der Waals surface area (Å²) < 4.78 is 37.3. The zero-order valence-corrected chi connectivity index (χ0v) is 12.3. The van der Waals surface area contributed by atoms with E-state index in [0.29, 0.717) is 22.3 Å². The van der Waals surface area contributed by atoms with Crippen molar-refractivity contribution in [1.82, 2.24) is 9.97 Å². The number of nitrogens with one attached hydrogen (secondary N) is 2. The van der Waals surface area contributed by atoms with Crippen LogP contribution in [0.15, 0.2) is 61.3 Å². The van der Waals surface area contributed by atoms with Gasteiger partial charge in [-0.2, -0.15) is 0 Å². The number of nitrogens with zero attached hydrogens (tertiary/aromatic N) is 1. The predicted molar refractivity (Wildman–Crippen MR) is 81.7 cm³/mol. The van der Waals surface area contributed by atoms with Gasteiger partial charge in [-0.15, -0.1) is 0 Å². The van der Waals surface area contributed by atoms with Crippen LogP contribution >= 0.6 is 0 Å². The molecule has 0 spiro atoms. The Hall–Kier alpha value is -3.07. The van der Waals surface area contributed by atoms with Gasteiger partial charge in [-0.25, -0.2) is 18.2 Å². The predicted octanol–water partition coefficient (Wildman–Crippen LogP) is 2.06. The summed E-state index contributed by atoms with van der Waals surface area (Å²) in [4.78, 5) is 17.5. The molecule has 0 bridgehead atoms. The number of aromatic nitrogens is 2. The first kappa shape index (κ1) is 13.6. The number of oxazole rings is 2. The van der Waals surface area contributed by atoms with E-state index in [4.69, 9.17) is 8.83 Å². The van der Waals surface area contributed by atoms with Gasteiger partial charge in [0.25, 0.3) is 10.0 Å². The highest BCUT2D eigenvalue weighted by Gasteiger charge is 2.16. The second-order valence-electron chi connectivity index (χ2n) is 4.81. The molecule has 2 aromatic carbocycles. The summed E-state index contributed by atoms with van der Waals surface area (Å²) in [6, 6.07) is 8.89. The Kier molecular flexibility index (Phi) is 2.78. The van der Waals surface area contributed by atoms with Gasteiger partial charge in [-0.1, -0.05) is 0 Å². The van der Waals surface area contributed by atoms with Crippen LogP contribution in [0.25, 0.3) is 22.2 Å². The molecule has 0 aliphatic carbocycles. The fraction of sp³-hybridized carbons (Fsp3) is 0. The minimum absolute atomic E-state index is 0.0228. The minimum Gasteiger partial charge on any atom is -0.443 e. The molecular formula is C14H9N3O5S. The third-order valence-corrected chi connectivity index (χ3v) is 4.67. The van der Waals surface area contributed by atoms with Gasteiger partial charge in [0.2, 0.25) is 0 Å². The molecule has 4 aromatic rings. The summed E-state index contributed by atoms with van der Waals surface area (Å²) in [6.07, 6.45) is 1.28. The zero-order valence-electron chi connectivity index (χ0n) is 11.4. The molecule has 0 amide bonds. The molecule has 9 heteroatoms. The number of hydrogen-bond acceptors (Lipinski definition) is 6. The number of sulfonamides is 1. The molecule has 0 unspecified atom stereocenters. The molecular weight excluding hydrogens is 322 g/mol. The summed E-state index contributed by atoms with van der Waals surface area (Å²) >= 11 is 0. The molecule has 116 valence electrons. The lowest BCUT2D eigenvalue weighted by molar-refractivity contribution is 0.554. The normalized spacial score (nSPS) is 12.0. The van der Waals surface area contributed by atoms with E-state index < -0.39 is 15.8 Å². The average Bonchev–Trinajstić information content (AvgIpc) is 3.10. The Morgan fingerprint density at radius 1 is 1.09 bits per heavy atom. The summed E-state index contributed by atoms with van der Waals surface area (Å²) in [7, 11) is -3.84. The van der Waals surface area contributed by atoms with Crippen molar-refractivity contribution in [2.45, 2.75) is 4.90 Å². The first-order valence-corrected chi connectivity index (χ1v) is 7.98. The van der Waals surface area contributed by atoms with Crippen LogP contribution in [0, 0.1) is 0 Å². The molecule has 2 heterocycles. The third-order valence-electron chi connectivity index (χ3n) is 3.29. The highest BCUT2D eigenvalue weighted by molar-refractivity contribution is 7.92. The van der Waals surface area contributed by atoms with Crippen LogP contribution in [0.1, 0.15) is 0 Å². The van der Waals surface area contributed by atoms with Gasteiger partial charge in [0, 0.05) is 12.1 Å². The first-order valence-electron chi connectivity index (χ1n) is 6.50. The van der Waals surface area contributed by atoms with Crippen LogP contribution in [-0.4, -0.2) is 18.4 Å². The maximum atomic E-state index is 12.4. The zero-order chi connectivity index (χ0) is 16.0. The van der Waals surface area contributed by atoms with Crippen LogP contribution in [0.3, 0.4) is 0 Å². The van der Waals surface area contributed by atoms with E-state index in [2.05, 4.69) is 14.7 Å². The number of rotatable bonds is 3. The van der Waals surface area contributed by atoms with Crippen molar-refractivity contribution in [1.29, 1.82) is 0 Å². The molecule has 0 radical (unpaired) electrons. The van der Waals surface area contributed by atoms with Crippen molar-refractivity contribution < 1.29 is 17.3 Å². The van der Waals surface area contributed by atoms with Crippen LogP contribution in [0.5, 0.6) is 0 Å². The Morgan fingerprint density at radius 2 is 1.96 bits per heavy atom. The Balaban J connectivity index is 1.74. The largest absolute Gasteiger partial charge is 0.443 e.